The van der Waals surface area contributed by atoms with Crippen molar-refractivity contribution >= 4 is 28.9 Å². The highest BCUT2D eigenvalue weighted by atomic mass is 35.5. The predicted octanol–water partition coefficient (Wildman–Crippen LogP) is 3.98. The molecule has 1 N–H and O–H groups in total. The fourth-order valence-corrected chi connectivity index (χ4v) is 3.25. The molecule has 0 amide bonds. The molecule has 104 valence electrons. The lowest BCUT2D eigenvalue weighted by Crippen LogP contribution is -2.51. The van der Waals surface area contributed by atoms with Crippen LogP contribution in [0, 0.1) is 0 Å². The summed E-state index contributed by atoms with van der Waals surface area (Å²) in [5.74, 6) is 0. The van der Waals surface area contributed by atoms with Crippen molar-refractivity contribution in [2.45, 2.75) is 51.7 Å². The van der Waals surface area contributed by atoms with Gasteiger partial charge in [-0.2, -0.15) is 0 Å². The van der Waals surface area contributed by atoms with E-state index in [4.69, 9.17) is 23.8 Å². The third-order valence-corrected chi connectivity index (χ3v) is 4.39. The molecule has 1 aromatic rings. The summed E-state index contributed by atoms with van der Waals surface area (Å²) in [4.78, 5) is 2.34. The maximum absolute atomic E-state index is 5.88. The molecule has 0 aliphatic carbocycles. The topological polar surface area (TPSA) is 15.3 Å². The number of halogens is 1. The number of benzene rings is 1. The molecular weight excluding hydrogens is 276 g/mol. The highest BCUT2D eigenvalue weighted by Gasteiger charge is 2.26. The molecule has 2 atom stereocenters. The Hall–Kier alpha value is -0.800. The number of thiocarbonyl (C=S) groups is 1. The van der Waals surface area contributed by atoms with Crippen molar-refractivity contribution in [1.29, 1.82) is 0 Å². The average Bonchev–Trinajstić information content (AvgIpc) is 2.38. The Morgan fingerprint density at radius 1 is 1.26 bits per heavy atom. The summed E-state index contributed by atoms with van der Waals surface area (Å²) in [6.07, 6.45) is 3.76. The van der Waals surface area contributed by atoms with E-state index < -0.39 is 0 Å². The second-order valence-electron chi connectivity index (χ2n) is 5.32. The first kappa shape index (κ1) is 14.6. The van der Waals surface area contributed by atoms with E-state index in [-0.39, 0.29) is 0 Å². The third-order valence-electron chi connectivity index (χ3n) is 3.79. The Balaban J connectivity index is 1.91. The normalized spacial score (nSPS) is 23.2. The molecule has 1 heterocycles. The van der Waals surface area contributed by atoms with Crippen LogP contribution in [-0.2, 0) is 6.54 Å². The number of hydrogen-bond donors (Lipinski definition) is 1. The number of rotatable bonds is 2. The molecule has 0 bridgehead atoms. The summed E-state index contributed by atoms with van der Waals surface area (Å²) in [7, 11) is 0. The second-order valence-corrected chi connectivity index (χ2v) is 6.14. The molecule has 19 heavy (non-hydrogen) atoms. The van der Waals surface area contributed by atoms with E-state index in [1.165, 1.54) is 24.8 Å². The molecule has 2 unspecified atom stereocenters. The quantitative estimate of drug-likeness (QED) is 0.831. The number of nitrogens with one attached hydrogen (secondary N) is 1. The summed E-state index contributed by atoms with van der Waals surface area (Å²) in [5, 5.41) is 5.00. The summed E-state index contributed by atoms with van der Waals surface area (Å²) in [6.45, 7) is 5.27. The SMILES string of the molecule is CC1CCCC(C)N1C(=S)NCc1ccc(Cl)cc1. The van der Waals surface area contributed by atoms with Crippen LogP contribution in [0.25, 0.3) is 0 Å². The van der Waals surface area contributed by atoms with Crippen LogP contribution in [0.5, 0.6) is 0 Å². The first-order chi connectivity index (χ1) is 9.08. The molecule has 2 rings (SSSR count). The fourth-order valence-electron chi connectivity index (χ4n) is 2.69. The number of likely N-dealkylation sites (tertiary alicyclic amines) is 1. The molecule has 0 spiro atoms. The predicted molar refractivity (Wildman–Crippen MR) is 85.5 cm³/mol. The molecule has 4 heteroatoms. The van der Waals surface area contributed by atoms with Gasteiger partial charge in [-0.05, 0) is 63.0 Å². The minimum absolute atomic E-state index is 0.536. The molecular formula is C15H21ClN2S. The first-order valence-electron chi connectivity index (χ1n) is 6.88. The van der Waals surface area contributed by atoms with Crippen molar-refractivity contribution < 1.29 is 0 Å². The van der Waals surface area contributed by atoms with E-state index in [2.05, 4.69) is 24.1 Å². The van der Waals surface area contributed by atoms with Gasteiger partial charge in [0.2, 0.25) is 0 Å². The van der Waals surface area contributed by atoms with E-state index in [0.29, 0.717) is 12.1 Å². The largest absolute Gasteiger partial charge is 0.358 e. The summed E-state index contributed by atoms with van der Waals surface area (Å²) >= 11 is 11.4. The van der Waals surface area contributed by atoms with Gasteiger partial charge in [0.1, 0.15) is 0 Å². The van der Waals surface area contributed by atoms with E-state index >= 15 is 0 Å². The van der Waals surface area contributed by atoms with Crippen molar-refractivity contribution in [1.82, 2.24) is 10.2 Å². The zero-order valence-corrected chi connectivity index (χ0v) is 13.1. The summed E-state index contributed by atoms with van der Waals surface area (Å²) < 4.78 is 0. The Kier molecular flexibility index (Phi) is 5.06. The standard InChI is InChI=1S/C15H21ClN2S/c1-11-4-3-5-12(2)18(11)15(19)17-10-13-6-8-14(16)9-7-13/h6-9,11-12H,3-5,10H2,1-2H3,(H,17,19). The maximum atomic E-state index is 5.88. The van der Waals surface area contributed by atoms with Crippen molar-refractivity contribution in [2.75, 3.05) is 0 Å². The Morgan fingerprint density at radius 3 is 2.42 bits per heavy atom. The van der Waals surface area contributed by atoms with Crippen LogP contribution < -0.4 is 5.32 Å². The first-order valence-corrected chi connectivity index (χ1v) is 7.67. The van der Waals surface area contributed by atoms with Crippen molar-refractivity contribution in [3.63, 3.8) is 0 Å². The second kappa shape index (κ2) is 6.58. The molecule has 0 saturated carbocycles. The minimum atomic E-state index is 0.536. The van der Waals surface area contributed by atoms with Crippen LogP contribution in [0.4, 0.5) is 0 Å². The lowest BCUT2D eigenvalue weighted by molar-refractivity contribution is 0.189. The van der Waals surface area contributed by atoms with Gasteiger partial charge in [-0.1, -0.05) is 23.7 Å². The molecule has 0 aromatic heterocycles. The van der Waals surface area contributed by atoms with Crippen LogP contribution in [0.2, 0.25) is 5.02 Å². The smallest absolute Gasteiger partial charge is 0.169 e. The van der Waals surface area contributed by atoms with Crippen LogP contribution in [0.1, 0.15) is 38.7 Å². The van der Waals surface area contributed by atoms with Crippen molar-refractivity contribution in [3.8, 4) is 0 Å². The molecule has 1 fully saturated rings. The van der Waals surface area contributed by atoms with Crippen molar-refractivity contribution in [3.05, 3.63) is 34.9 Å². The molecule has 1 aromatic carbocycles. The Bertz CT molecular complexity index is 422. The molecule has 1 aliphatic heterocycles. The van der Waals surface area contributed by atoms with Crippen LogP contribution in [0.3, 0.4) is 0 Å². The Labute approximate surface area is 126 Å². The number of hydrogen-bond acceptors (Lipinski definition) is 1. The molecule has 0 radical (unpaired) electrons. The fraction of sp³-hybridized carbons (Fsp3) is 0.533. The van der Waals surface area contributed by atoms with Crippen LogP contribution in [-0.4, -0.2) is 22.1 Å². The van der Waals surface area contributed by atoms with Gasteiger partial charge in [-0.3, -0.25) is 0 Å². The average molecular weight is 297 g/mol. The van der Waals surface area contributed by atoms with Gasteiger partial charge in [0.15, 0.2) is 5.11 Å². The number of piperidine rings is 1. The van der Waals surface area contributed by atoms with E-state index in [9.17, 15) is 0 Å². The number of nitrogens with zero attached hydrogens (tertiary/aromatic N) is 1. The zero-order valence-electron chi connectivity index (χ0n) is 11.5. The zero-order chi connectivity index (χ0) is 13.8. The summed E-state index contributed by atoms with van der Waals surface area (Å²) in [5.41, 5.74) is 1.20. The lowest BCUT2D eigenvalue weighted by Gasteiger charge is -2.41. The van der Waals surface area contributed by atoms with Gasteiger partial charge in [0, 0.05) is 23.7 Å². The van der Waals surface area contributed by atoms with Gasteiger partial charge in [0.25, 0.3) is 0 Å². The van der Waals surface area contributed by atoms with Gasteiger partial charge in [0.05, 0.1) is 0 Å². The maximum Gasteiger partial charge on any atom is 0.169 e. The third kappa shape index (κ3) is 3.83. The van der Waals surface area contributed by atoms with Crippen LogP contribution >= 0.6 is 23.8 Å². The monoisotopic (exact) mass is 296 g/mol. The van der Waals surface area contributed by atoms with Gasteiger partial charge >= 0.3 is 0 Å². The Morgan fingerprint density at radius 2 is 1.84 bits per heavy atom. The summed E-state index contributed by atoms with van der Waals surface area (Å²) in [6, 6.07) is 8.95. The van der Waals surface area contributed by atoms with E-state index in [0.717, 1.165) is 16.7 Å². The molecule has 1 saturated heterocycles. The molecule has 2 nitrogen and oxygen atoms in total. The van der Waals surface area contributed by atoms with E-state index in [1.54, 1.807) is 0 Å². The van der Waals surface area contributed by atoms with Gasteiger partial charge in [-0.25, -0.2) is 0 Å². The van der Waals surface area contributed by atoms with Gasteiger partial charge < -0.3 is 10.2 Å². The highest BCUT2D eigenvalue weighted by Crippen LogP contribution is 2.22. The van der Waals surface area contributed by atoms with Crippen molar-refractivity contribution in [2.24, 2.45) is 0 Å². The van der Waals surface area contributed by atoms with Crippen LogP contribution in [0.15, 0.2) is 24.3 Å². The van der Waals surface area contributed by atoms with Gasteiger partial charge in [-0.15, -0.1) is 0 Å². The van der Waals surface area contributed by atoms with E-state index in [1.807, 2.05) is 24.3 Å². The minimum Gasteiger partial charge on any atom is -0.358 e. The highest BCUT2D eigenvalue weighted by molar-refractivity contribution is 7.80. The lowest BCUT2D eigenvalue weighted by atomic mass is 9.98. The molecule has 1 aliphatic rings.